The normalized spacial score (nSPS) is 15.2. The molecule has 0 aromatic carbocycles. The molecular formula is C14H24N4O3S. The molecule has 7 nitrogen and oxygen atoms in total. The summed E-state index contributed by atoms with van der Waals surface area (Å²) in [5.74, 6) is 1.28. The van der Waals surface area contributed by atoms with E-state index in [0.717, 1.165) is 18.1 Å². The summed E-state index contributed by atoms with van der Waals surface area (Å²) in [5, 5.41) is 8.18. The Balaban J connectivity index is 1.97. The highest BCUT2D eigenvalue weighted by molar-refractivity contribution is 7.92. The van der Waals surface area contributed by atoms with Crippen LogP contribution in [0.3, 0.4) is 0 Å². The average Bonchev–Trinajstić information content (AvgIpc) is 2.87. The van der Waals surface area contributed by atoms with Crippen LogP contribution in [0.5, 0.6) is 0 Å². The summed E-state index contributed by atoms with van der Waals surface area (Å²) < 4.78 is 26.0. The molecule has 1 aromatic rings. The Kier molecular flexibility index (Phi) is 5.20. The number of hydrogen-bond donors (Lipinski definition) is 0. The van der Waals surface area contributed by atoms with Gasteiger partial charge in [-0.15, -0.1) is 10.2 Å². The van der Waals surface area contributed by atoms with Crippen molar-refractivity contribution < 1.29 is 13.2 Å². The van der Waals surface area contributed by atoms with Crippen LogP contribution in [0.2, 0.25) is 0 Å². The molecule has 0 saturated carbocycles. The number of aryl methyl sites for hydroxylation is 1. The second-order valence-electron chi connectivity index (χ2n) is 6.13. The Bertz CT molecular complexity index is 637. The third-order valence-electron chi connectivity index (χ3n) is 3.85. The van der Waals surface area contributed by atoms with Crippen LogP contribution in [-0.4, -0.2) is 52.0 Å². The number of aromatic nitrogens is 3. The number of nitrogens with zero attached hydrogens (tertiary/aromatic N) is 4. The SMILES string of the molecule is CCc1nnc2n1CCN(C(=O)CS(=O)(=O)CCC(C)C)C2. The number of sulfone groups is 1. The average molecular weight is 328 g/mol. The molecule has 0 bridgehead atoms. The summed E-state index contributed by atoms with van der Waals surface area (Å²) in [6.45, 7) is 7.43. The summed E-state index contributed by atoms with van der Waals surface area (Å²) in [4.78, 5) is 13.8. The van der Waals surface area contributed by atoms with Gasteiger partial charge in [0.2, 0.25) is 5.91 Å². The van der Waals surface area contributed by atoms with Crippen molar-refractivity contribution in [2.45, 2.75) is 46.7 Å². The van der Waals surface area contributed by atoms with Gasteiger partial charge < -0.3 is 9.47 Å². The summed E-state index contributed by atoms with van der Waals surface area (Å²) in [7, 11) is -3.34. The van der Waals surface area contributed by atoms with Crippen LogP contribution in [0.25, 0.3) is 0 Å². The number of rotatable bonds is 6. The first-order valence-electron chi connectivity index (χ1n) is 7.71. The van der Waals surface area contributed by atoms with E-state index in [-0.39, 0.29) is 11.7 Å². The van der Waals surface area contributed by atoms with E-state index in [9.17, 15) is 13.2 Å². The first-order valence-corrected chi connectivity index (χ1v) is 9.53. The van der Waals surface area contributed by atoms with Crippen molar-refractivity contribution >= 4 is 15.7 Å². The first-order chi connectivity index (χ1) is 10.3. The van der Waals surface area contributed by atoms with Gasteiger partial charge in [0.25, 0.3) is 0 Å². The predicted molar refractivity (Wildman–Crippen MR) is 82.9 cm³/mol. The van der Waals surface area contributed by atoms with E-state index in [0.29, 0.717) is 32.0 Å². The van der Waals surface area contributed by atoms with Gasteiger partial charge in [-0.2, -0.15) is 0 Å². The standard InChI is InChI=1S/C14H24N4O3S/c1-4-12-15-16-13-9-17(6-7-18(12)13)14(19)10-22(20,21)8-5-11(2)3/h11H,4-10H2,1-3H3. The fourth-order valence-corrected chi connectivity index (χ4v) is 3.99. The summed E-state index contributed by atoms with van der Waals surface area (Å²) in [6.07, 6.45) is 1.38. The molecule has 0 atom stereocenters. The van der Waals surface area contributed by atoms with Crippen molar-refractivity contribution in [3.8, 4) is 0 Å². The van der Waals surface area contributed by atoms with Gasteiger partial charge in [0.05, 0.1) is 12.3 Å². The molecule has 0 radical (unpaired) electrons. The first kappa shape index (κ1) is 16.9. The molecule has 2 rings (SSSR count). The zero-order valence-corrected chi connectivity index (χ0v) is 14.3. The van der Waals surface area contributed by atoms with Gasteiger partial charge in [0, 0.05) is 19.5 Å². The lowest BCUT2D eigenvalue weighted by Gasteiger charge is -2.27. The van der Waals surface area contributed by atoms with Crippen molar-refractivity contribution in [1.29, 1.82) is 0 Å². The van der Waals surface area contributed by atoms with Crippen LogP contribution in [0.15, 0.2) is 0 Å². The summed E-state index contributed by atoms with van der Waals surface area (Å²) in [5.41, 5.74) is 0. The number of carbonyl (C=O) groups is 1. The minimum atomic E-state index is -3.34. The Hall–Kier alpha value is -1.44. The van der Waals surface area contributed by atoms with Gasteiger partial charge >= 0.3 is 0 Å². The van der Waals surface area contributed by atoms with Gasteiger partial charge in [0.1, 0.15) is 11.6 Å². The third kappa shape index (κ3) is 4.06. The van der Waals surface area contributed by atoms with Crippen LogP contribution < -0.4 is 0 Å². The molecular weight excluding hydrogens is 304 g/mol. The fraction of sp³-hybridized carbons (Fsp3) is 0.786. The number of hydrogen-bond acceptors (Lipinski definition) is 5. The van der Waals surface area contributed by atoms with Crippen LogP contribution in [0.4, 0.5) is 0 Å². The van der Waals surface area contributed by atoms with Gasteiger partial charge in [0.15, 0.2) is 15.7 Å². The maximum absolute atomic E-state index is 12.2. The lowest BCUT2D eigenvalue weighted by atomic mass is 10.2. The molecule has 1 aromatic heterocycles. The van der Waals surface area contributed by atoms with Gasteiger partial charge in [-0.25, -0.2) is 8.42 Å². The smallest absolute Gasteiger partial charge is 0.238 e. The maximum Gasteiger partial charge on any atom is 0.238 e. The molecule has 1 aliphatic rings. The molecule has 0 unspecified atom stereocenters. The van der Waals surface area contributed by atoms with Crippen LogP contribution in [0.1, 0.15) is 38.8 Å². The predicted octanol–water partition coefficient (Wildman–Crippen LogP) is 0.644. The monoisotopic (exact) mass is 328 g/mol. The van der Waals surface area contributed by atoms with Crippen molar-refractivity contribution in [2.24, 2.45) is 5.92 Å². The number of carbonyl (C=O) groups excluding carboxylic acids is 1. The van der Waals surface area contributed by atoms with E-state index in [2.05, 4.69) is 10.2 Å². The molecule has 0 N–H and O–H groups in total. The zero-order valence-electron chi connectivity index (χ0n) is 13.4. The van der Waals surface area contributed by atoms with Crippen molar-refractivity contribution in [2.75, 3.05) is 18.1 Å². The second-order valence-corrected chi connectivity index (χ2v) is 8.31. The molecule has 0 aliphatic carbocycles. The Morgan fingerprint density at radius 1 is 1.27 bits per heavy atom. The van der Waals surface area contributed by atoms with Gasteiger partial charge in [-0.05, 0) is 12.3 Å². The number of amides is 1. The Labute approximate surface area is 131 Å². The Morgan fingerprint density at radius 2 is 2.00 bits per heavy atom. The molecule has 8 heteroatoms. The number of fused-ring (bicyclic) bond motifs is 1. The van der Waals surface area contributed by atoms with E-state index in [1.165, 1.54) is 0 Å². The van der Waals surface area contributed by atoms with Crippen LogP contribution >= 0.6 is 0 Å². The highest BCUT2D eigenvalue weighted by Crippen LogP contribution is 2.14. The van der Waals surface area contributed by atoms with E-state index >= 15 is 0 Å². The lowest BCUT2D eigenvalue weighted by molar-refractivity contribution is -0.129. The maximum atomic E-state index is 12.2. The van der Waals surface area contributed by atoms with E-state index in [1.807, 2.05) is 25.3 Å². The summed E-state index contributed by atoms with van der Waals surface area (Å²) >= 11 is 0. The van der Waals surface area contributed by atoms with Gasteiger partial charge in [-0.1, -0.05) is 20.8 Å². The van der Waals surface area contributed by atoms with E-state index in [1.54, 1.807) is 4.90 Å². The fourth-order valence-electron chi connectivity index (χ4n) is 2.46. The quantitative estimate of drug-likeness (QED) is 0.765. The molecule has 2 heterocycles. The molecule has 0 saturated heterocycles. The van der Waals surface area contributed by atoms with Crippen LogP contribution in [-0.2, 0) is 34.1 Å². The third-order valence-corrected chi connectivity index (χ3v) is 5.39. The molecule has 1 aliphatic heterocycles. The highest BCUT2D eigenvalue weighted by atomic mass is 32.2. The zero-order chi connectivity index (χ0) is 16.3. The van der Waals surface area contributed by atoms with E-state index in [4.69, 9.17) is 0 Å². The molecule has 0 fully saturated rings. The van der Waals surface area contributed by atoms with Crippen LogP contribution in [0, 0.1) is 5.92 Å². The molecule has 22 heavy (non-hydrogen) atoms. The summed E-state index contributed by atoms with van der Waals surface area (Å²) in [6, 6.07) is 0. The van der Waals surface area contributed by atoms with Crippen molar-refractivity contribution in [3.05, 3.63) is 11.6 Å². The van der Waals surface area contributed by atoms with Crippen molar-refractivity contribution in [1.82, 2.24) is 19.7 Å². The lowest BCUT2D eigenvalue weighted by Crippen LogP contribution is -2.41. The van der Waals surface area contributed by atoms with E-state index < -0.39 is 15.6 Å². The molecule has 0 spiro atoms. The Morgan fingerprint density at radius 3 is 2.64 bits per heavy atom. The van der Waals surface area contributed by atoms with Crippen molar-refractivity contribution in [3.63, 3.8) is 0 Å². The molecule has 124 valence electrons. The van der Waals surface area contributed by atoms with Gasteiger partial charge in [-0.3, -0.25) is 4.79 Å². The minimum Gasteiger partial charge on any atom is -0.332 e. The topological polar surface area (TPSA) is 85.2 Å². The minimum absolute atomic E-state index is 0.0699. The second kappa shape index (κ2) is 6.76. The largest absolute Gasteiger partial charge is 0.332 e. The highest BCUT2D eigenvalue weighted by Gasteiger charge is 2.27. The molecule has 1 amide bonds.